The van der Waals surface area contributed by atoms with Crippen LogP contribution in [0.1, 0.15) is 69.5 Å². The fraction of sp³-hybridized carbons (Fsp3) is 0.545. The summed E-state index contributed by atoms with van der Waals surface area (Å²) in [5.41, 5.74) is 1.86. The number of amidine groups is 1. The Morgan fingerprint density at radius 2 is 1.65 bits per heavy atom. The number of ether oxygens (including phenoxy) is 2. The number of carbonyl (C=O) groups excluding carboxylic acids is 1. The third-order valence-corrected chi connectivity index (χ3v) is 8.78. The van der Waals surface area contributed by atoms with Gasteiger partial charge in [0.05, 0.1) is 31.4 Å². The van der Waals surface area contributed by atoms with E-state index >= 15 is 0 Å². The number of carboxylic acids is 1. The number of halogens is 4. The lowest BCUT2D eigenvalue weighted by molar-refractivity contribution is -0.192. The molecule has 2 aromatic rings. The zero-order chi connectivity index (χ0) is 33.4. The summed E-state index contributed by atoms with van der Waals surface area (Å²) in [5, 5.41) is 7.81. The van der Waals surface area contributed by atoms with Crippen molar-refractivity contribution in [1.82, 2.24) is 14.7 Å². The molecule has 9 nitrogen and oxygen atoms in total. The summed E-state index contributed by atoms with van der Waals surface area (Å²) in [6, 6.07) is 14.0. The van der Waals surface area contributed by atoms with Gasteiger partial charge in [0.2, 0.25) is 0 Å². The van der Waals surface area contributed by atoms with E-state index in [1.165, 1.54) is 25.9 Å². The number of rotatable bonds is 8. The minimum atomic E-state index is -5.08. The molecule has 2 aromatic carbocycles. The number of amides is 2. The Hall–Kier alpha value is -3.51. The first-order chi connectivity index (χ1) is 22.0. The SMILES string of the molecule is CCC[C@H]1N=C(c2ccc(OC)cc2OCC)N(C(=O)N2CCC(N3CCCC3)CC2)[C@H]1c1ccc(Cl)cc1.O=C(O)C(F)(F)F. The summed E-state index contributed by atoms with van der Waals surface area (Å²) in [5.74, 6) is -0.700. The van der Waals surface area contributed by atoms with Crippen molar-refractivity contribution in [3.05, 3.63) is 58.6 Å². The van der Waals surface area contributed by atoms with E-state index in [1.54, 1.807) is 7.11 Å². The fourth-order valence-electron chi connectivity index (χ4n) is 6.32. The van der Waals surface area contributed by atoms with Crippen LogP contribution in [-0.2, 0) is 4.79 Å². The minimum Gasteiger partial charge on any atom is -0.497 e. The maximum atomic E-state index is 14.5. The number of carbonyl (C=O) groups is 2. The Labute approximate surface area is 272 Å². The van der Waals surface area contributed by atoms with Gasteiger partial charge in [-0.15, -0.1) is 0 Å². The van der Waals surface area contributed by atoms with Crippen LogP contribution < -0.4 is 9.47 Å². The molecule has 3 aliphatic heterocycles. The average Bonchev–Trinajstić information content (AvgIpc) is 3.70. The second-order valence-corrected chi connectivity index (χ2v) is 12.0. The topological polar surface area (TPSA) is 94.9 Å². The lowest BCUT2D eigenvalue weighted by Crippen LogP contribution is -2.52. The number of hydrogen-bond acceptors (Lipinski definition) is 6. The molecular weight excluding hydrogens is 625 g/mol. The van der Waals surface area contributed by atoms with Crippen LogP contribution in [0.25, 0.3) is 0 Å². The first-order valence-corrected chi connectivity index (χ1v) is 16.1. The van der Waals surface area contributed by atoms with Crippen LogP contribution in [0.2, 0.25) is 5.02 Å². The molecule has 252 valence electrons. The number of carboxylic acid groups (broad SMARTS) is 1. The Morgan fingerprint density at radius 3 is 2.20 bits per heavy atom. The van der Waals surface area contributed by atoms with E-state index in [9.17, 15) is 18.0 Å². The maximum Gasteiger partial charge on any atom is 0.490 e. The molecule has 5 rings (SSSR count). The van der Waals surface area contributed by atoms with Crippen molar-refractivity contribution in [3.63, 3.8) is 0 Å². The van der Waals surface area contributed by atoms with Crippen LogP contribution in [0.5, 0.6) is 11.5 Å². The van der Waals surface area contributed by atoms with E-state index in [2.05, 4.69) is 11.8 Å². The van der Waals surface area contributed by atoms with Gasteiger partial charge < -0.3 is 24.4 Å². The van der Waals surface area contributed by atoms with Crippen LogP contribution in [-0.4, -0.2) is 95.8 Å². The molecule has 0 unspecified atom stereocenters. The molecule has 0 spiro atoms. The van der Waals surface area contributed by atoms with E-state index in [4.69, 9.17) is 36.0 Å². The average molecular weight is 667 g/mol. The van der Waals surface area contributed by atoms with Crippen molar-refractivity contribution in [2.45, 2.75) is 76.7 Å². The third-order valence-electron chi connectivity index (χ3n) is 8.53. The van der Waals surface area contributed by atoms with Crippen LogP contribution >= 0.6 is 11.6 Å². The number of hydrogen-bond donors (Lipinski definition) is 1. The highest BCUT2D eigenvalue weighted by atomic mass is 35.5. The number of alkyl halides is 3. The maximum absolute atomic E-state index is 14.5. The van der Waals surface area contributed by atoms with E-state index in [-0.39, 0.29) is 18.1 Å². The number of piperidine rings is 1. The van der Waals surface area contributed by atoms with E-state index in [0.717, 1.165) is 49.9 Å². The molecule has 2 amide bonds. The first kappa shape index (κ1) is 35.3. The molecule has 2 saturated heterocycles. The molecule has 2 fully saturated rings. The summed E-state index contributed by atoms with van der Waals surface area (Å²) >= 11 is 6.26. The lowest BCUT2D eigenvalue weighted by Gasteiger charge is -2.40. The van der Waals surface area contributed by atoms with Gasteiger partial charge in [-0.2, -0.15) is 13.2 Å². The zero-order valence-electron chi connectivity index (χ0n) is 26.4. The van der Waals surface area contributed by atoms with Gasteiger partial charge in [-0.3, -0.25) is 9.89 Å². The van der Waals surface area contributed by atoms with Gasteiger partial charge in [0.1, 0.15) is 17.3 Å². The van der Waals surface area contributed by atoms with Crippen molar-refractivity contribution < 1.29 is 37.3 Å². The number of benzene rings is 2. The van der Waals surface area contributed by atoms with E-state index in [1.807, 2.05) is 59.2 Å². The predicted molar refractivity (Wildman–Crippen MR) is 170 cm³/mol. The molecule has 13 heteroatoms. The molecular formula is C33H42ClF3N4O5. The number of likely N-dealkylation sites (tertiary alicyclic amines) is 2. The summed E-state index contributed by atoms with van der Waals surface area (Å²) < 4.78 is 43.3. The highest BCUT2D eigenvalue weighted by molar-refractivity contribution is 6.30. The van der Waals surface area contributed by atoms with Crippen molar-refractivity contribution in [2.75, 3.05) is 39.9 Å². The Kier molecular flexibility index (Phi) is 12.2. The second-order valence-electron chi connectivity index (χ2n) is 11.5. The van der Waals surface area contributed by atoms with Crippen LogP contribution in [0.15, 0.2) is 47.5 Å². The van der Waals surface area contributed by atoms with Gasteiger partial charge in [-0.25, -0.2) is 9.59 Å². The summed E-state index contributed by atoms with van der Waals surface area (Å²) in [4.78, 5) is 35.2. The highest BCUT2D eigenvalue weighted by Crippen LogP contribution is 2.40. The van der Waals surface area contributed by atoms with Crippen molar-refractivity contribution >= 4 is 29.4 Å². The fourth-order valence-corrected chi connectivity index (χ4v) is 6.45. The first-order valence-electron chi connectivity index (χ1n) is 15.7. The Balaban J connectivity index is 0.000000617. The van der Waals surface area contributed by atoms with E-state index in [0.29, 0.717) is 35.0 Å². The van der Waals surface area contributed by atoms with Gasteiger partial charge in [-0.05, 0) is 81.9 Å². The number of aliphatic imine (C=N–C) groups is 1. The van der Waals surface area contributed by atoms with Crippen molar-refractivity contribution in [3.8, 4) is 11.5 Å². The van der Waals surface area contributed by atoms with Gasteiger partial charge in [0.25, 0.3) is 0 Å². The number of aliphatic carboxylic acids is 1. The van der Waals surface area contributed by atoms with E-state index < -0.39 is 12.1 Å². The standard InChI is InChI=1S/C31H41ClN4O3.C2HF3O2/c1-4-8-27-29(22-9-11-23(32)12-10-22)36(30(33-27)26-14-13-25(38-3)21-28(26)39-5-2)31(37)35-19-15-24(16-20-35)34-17-6-7-18-34;3-2(4,5)1(6)7/h9-14,21,24,27,29H,4-8,15-20H2,1-3H3;(H,6,7)/t27-,29+;/m1./s1. The number of nitrogens with zero attached hydrogens (tertiary/aromatic N) is 4. The molecule has 0 saturated carbocycles. The molecule has 2 atom stereocenters. The van der Waals surface area contributed by atoms with Crippen LogP contribution in [0.3, 0.4) is 0 Å². The third kappa shape index (κ3) is 8.44. The second kappa shape index (κ2) is 15.9. The van der Waals surface area contributed by atoms with Crippen LogP contribution in [0.4, 0.5) is 18.0 Å². The molecule has 46 heavy (non-hydrogen) atoms. The monoisotopic (exact) mass is 666 g/mol. The lowest BCUT2D eigenvalue weighted by atomic mass is 9.96. The largest absolute Gasteiger partial charge is 0.497 e. The Morgan fingerprint density at radius 1 is 1.02 bits per heavy atom. The van der Waals surface area contributed by atoms with Gasteiger partial charge >= 0.3 is 18.2 Å². The molecule has 3 aliphatic rings. The molecule has 0 bridgehead atoms. The normalized spacial score (nSPS) is 20.6. The molecule has 0 aliphatic carbocycles. The number of methoxy groups -OCH3 is 1. The van der Waals surface area contributed by atoms with Gasteiger partial charge in [-0.1, -0.05) is 37.1 Å². The molecule has 0 aromatic heterocycles. The highest BCUT2D eigenvalue weighted by Gasteiger charge is 2.44. The van der Waals surface area contributed by atoms with Crippen LogP contribution in [0, 0.1) is 0 Å². The van der Waals surface area contributed by atoms with Crippen molar-refractivity contribution in [2.24, 2.45) is 4.99 Å². The van der Waals surface area contributed by atoms with Gasteiger partial charge in [0, 0.05) is 30.2 Å². The number of urea groups is 1. The van der Waals surface area contributed by atoms with Crippen molar-refractivity contribution in [1.29, 1.82) is 0 Å². The quantitative estimate of drug-likeness (QED) is 0.325. The Bertz CT molecular complexity index is 1360. The smallest absolute Gasteiger partial charge is 0.490 e. The van der Waals surface area contributed by atoms with Gasteiger partial charge in [0.15, 0.2) is 0 Å². The molecule has 0 radical (unpaired) electrons. The molecule has 1 N–H and O–H groups in total. The molecule has 3 heterocycles. The summed E-state index contributed by atoms with van der Waals surface area (Å²) in [7, 11) is 1.65. The predicted octanol–water partition coefficient (Wildman–Crippen LogP) is 7.03. The summed E-state index contributed by atoms with van der Waals surface area (Å²) in [6.07, 6.45) is 1.37. The zero-order valence-corrected chi connectivity index (χ0v) is 27.2. The minimum absolute atomic E-state index is 0.0189. The summed E-state index contributed by atoms with van der Waals surface area (Å²) in [6.45, 7) is 8.54.